The third-order valence-electron chi connectivity index (χ3n) is 6.39. The highest BCUT2D eigenvalue weighted by atomic mass is 19.4. The zero-order chi connectivity index (χ0) is 24.4. The molecule has 180 valence electrons. The summed E-state index contributed by atoms with van der Waals surface area (Å²) < 4.78 is 40.8. The molecule has 9 heteroatoms. The molecule has 35 heavy (non-hydrogen) atoms. The van der Waals surface area contributed by atoms with Gasteiger partial charge in [0.25, 0.3) is 5.91 Å². The molecule has 0 unspecified atom stereocenters. The van der Waals surface area contributed by atoms with E-state index >= 15 is 0 Å². The van der Waals surface area contributed by atoms with Gasteiger partial charge in [0, 0.05) is 30.1 Å². The van der Waals surface area contributed by atoms with Gasteiger partial charge >= 0.3 is 6.18 Å². The lowest BCUT2D eigenvalue weighted by atomic mass is 9.93. The van der Waals surface area contributed by atoms with Gasteiger partial charge in [-0.2, -0.15) is 23.4 Å². The Balaban J connectivity index is 1.38. The first-order chi connectivity index (χ1) is 16.9. The minimum Gasteiger partial charge on any atom is -0.330 e. The van der Waals surface area contributed by atoms with E-state index in [-0.39, 0.29) is 11.9 Å². The van der Waals surface area contributed by atoms with Crippen molar-refractivity contribution in [2.24, 2.45) is 0 Å². The highest BCUT2D eigenvalue weighted by molar-refractivity contribution is 5.94. The molecule has 0 saturated carbocycles. The first-order valence-corrected chi connectivity index (χ1v) is 11.5. The summed E-state index contributed by atoms with van der Waals surface area (Å²) in [6.45, 7) is 1.22. The SMILES string of the molecule is O=C(c1ccc(Cn2cccn2)cc1)N1CCCC[C@H]1c1[nH]ncc1-c1ccc(C(F)(F)F)cc1. The van der Waals surface area contributed by atoms with Crippen molar-refractivity contribution >= 4 is 5.91 Å². The molecule has 0 bridgehead atoms. The minimum absolute atomic E-state index is 0.0756. The summed E-state index contributed by atoms with van der Waals surface area (Å²) in [5.74, 6) is -0.0756. The van der Waals surface area contributed by atoms with Crippen LogP contribution in [0, 0.1) is 0 Å². The molecule has 5 rings (SSSR count). The Morgan fingerprint density at radius 2 is 1.83 bits per heavy atom. The van der Waals surface area contributed by atoms with Crippen LogP contribution in [0.1, 0.15) is 52.5 Å². The largest absolute Gasteiger partial charge is 0.416 e. The Morgan fingerprint density at radius 3 is 2.51 bits per heavy atom. The van der Waals surface area contributed by atoms with Gasteiger partial charge in [-0.05, 0) is 60.7 Å². The van der Waals surface area contributed by atoms with Gasteiger partial charge in [0.1, 0.15) is 0 Å². The third-order valence-corrected chi connectivity index (χ3v) is 6.39. The summed E-state index contributed by atoms with van der Waals surface area (Å²) in [6.07, 6.45) is 3.42. The minimum atomic E-state index is -4.39. The molecule has 2 aromatic carbocycles. The van der Waals surface area contributed by atoms with Crippen LogP contribution in [0.25, 0.3) is 11.1 Å². The summed E-state index contributed by atoms with van der Waals surface area (Å²) >= 11 is 0. The Labute approximate surface area is 200 Å². The van der Waals surface area contributed by atoms with Crippen LogP contribution < -0.4 is 0 Å². The predicted molar refractivity (Wildman–Crippen MR) is 124 cm³/mol. The van der Waals surface area contributed by atoms with Crippen molar-refractivity contribution in [1.82, 2.24) is 24.9 Å². The van der Waals surface area contributed by atoms with Crippen LogP contribution in [0.4, 0.5) is 13.2 Å². The maximum absolute atomic E-state index is 13.5. The summed E-state index contributed by atoms with van der Waals surface area (Å²) in [4.78, 5) is 15.3. The monoisotopic (exact) mass is 479 g/mol. The first-order valence-electron chi connectivity index (χ1n) is 11.5. The standard InChI is InChI=1S/C26H24F3N5O/c27-26(28,29)21-11-9-19(10-12-21)22-16-30-32-24(22)23-4-1-2-15-34(23)25(35)20-7-5-18(6-8-20)17-33-14-3-13-31-33/h3,5-14,16,23H,1-2,4,15,17H2,(H,30,32)/t23-/m0/s1. The van der Waals surface area contributed by atoms with Gasteiger partial charge in [-0.1, -0.05) is 24.3 Å². The number of aromatic nitrogens is 4. The Bertz CT molecular complexity index is 1280. The molecule has 1 amide bonds. The molecule has 0 spiro atoms. The maximum atomic E-state index is 13.5. The van der Waals surface area contributed by atoms with Crippen LogP contribution in [-0.2, 0) is 12.7 Å². The van der Waals surface area contributed by atoms with E-state index in [1.807, 2.05) is 46.1 Å². The number of piperidine rings is 1. The van der Waals surface area contributed by atoms with E-state index in [0.29, 0.717) is 29.8 Å². The van der Waals surface area contributed by atoms with Crippen molar-refractivity contribution < 1.29 is 18.0 Å². The number of benzene rings is 2. The van der Waals surface area contributed by atoms with Crippen molar-refractivity contribution in [3.63, 3.8) is 0 Å². The van der Waals surface area contributed by atoms with Crippen molar-refractivity contribution in [1.29, 1.82) is 0 Å². The number of aromatic amines is 1. The summed E-state index contributed by atoms with van der Waals surface area (Å²) in [5, 5.41) is 11.4. The second-order valence-electron chi connectivity index (χ2n) is 8.68. The van der Waals surface area contributed by atoms with E-state index in [9.17, 15) is 18.0 Å². The third kappa shape index (κ3) is 4.84. The number of nitrogens with zero attached hydrogens (tertiary/aromatic N) is 4. The fourth-order valence-corrected chi connectivity index (χ4v) is 4.59. The topological polar surface area (TPSA) is 66.8 Å². The lowest BCUT2D eigenvalue weighted by molar-refractivity contribution is -0.137. The number of carbonyl (C=O) groups excluding carboxylic acids is 1. The molecule has 4 aromatic rings. The van der Waals surface area contributed by atoms with Gasteiger partial charge in [0.2, 0.25) is 0 Å². The predicted octanol–water partition coefficient (Wildman–Crippen LogP) is 5.71. The van der Waals surface area contributed by atoms with Crippen molar-refractivity contribution in [2.75, 3.05) is 6.54 Å². The van der Waals surface area contributed by atoms with Crippen LogP contribution in [-0.4, -0.2) is 37.3 Å². The number of amides is 1. The molecule has 1 aliphatic rings. The second kappa shape index (κ2) is 9.40. The Kier molecular flexibility index (Phi) is 6.15. The smallest absolute Gasteiger partial charge is 0.330 e. The molecule has 6 nitrogen and oxygen atoms in total. The average Bonchev–Trinajstić information content (AvgIpc) is 3.56. The molecular formula is C26H24F3N5O. The molecular weight excluding hydrogens is 455 g/mol. The van der Waals surface area contributed by atoms with E-state index in [1.54, 1.807) is 12.4 Å². The maximum Gasteiger partial charge on any atom is 0.416 e. The number of nitrogens with one attached hydrogen (secondary N) is 1. The van der Waals surface area contributed by atoms with E-state index < -0.39 is 11.7 Å². The molecule has 0 radical (unpaired) electrons. The molecule has 1 aliphatic heterocycles. The normalized spacial score (nSPS) is 16.4. The van der Waals surface area contributed by atoms with Gasteiger partial charge in [-0.25, -0.2) is 0 Å². The van der Waals surface area contributed by atoms with Gasteiger partial charge in [0.05, 0.1) is 30.0 Å². The molecule has 1 atom stereocenters. The van der Waals surface area contributed by atoms with Gasteiger partial charge in [-0.3, -0.25) is 14.6 Å². The van der Waals surface area contributed by atoms with Crippen LogP contribution in [0.15, 0.2) is 73.2 Å². The highest BCUT2D eigenvalue weighted by Crippen LogP contribution is 2.37. The second-order valence-corrected chi connectivity index (χ2v) is 8.68. The molecule has 1 N–H and O–H groups in total. The molecule has 0 aliphatic carbocycles. The van der Waals surface area contributed by atoms with Gasteiger partial charge in [0.15, 0.2) is 0 Å². The van der Waals surface area contributed by atoms with Crippen LogP contribution in [0.3, 0.4) is 0 Å². The quantitative estimate of drug-likeness (QED) is 0.399. The number of H-pyrrole nitrogens is 1. The number of likely N-dealkylation sites (tertiary alicyclic amines) is 1. The van der Waals surface area contributed by atoms with Crippen molar-refractivity contribution in [3.8, 4) is 11.1 Å². The van der Waals surface area contributed by atoms with Crippen molar-refractivity contribution in [2.45, 2.75) is 38.0 Å². The number of carbonyl (C=O) groups is 1. The van der Waals surface area contributed by atoms with Crippen molar-refractivity contribution in [3.05, 3.63) is 95.6 Å². The molecule has 3 heterocycles. The Morgan fingerprint density at radius 1 is 1.06 bits per heavy atom. The molecule has 1 fully saturated rings. The number of alkyl halides is 3. The number of hydrogen-bond acceptors (Lipinski definition) is 3. The van der Waals surface area contributed by atoms with Gasteiger partial charge in [-0.15, -0.1) is 0 Å². The lowest BCUT2D eigenvalue weighted by Crippen LogP contribution is -2.38. The van der Waals surface area contributed by atoms with Crippen LogP contribution in [0.5, 0.6) is 0 Å². The summed E-state index contributed by atoms with van der Waals surface area (Å²) in [6, 6.07) is 14.2. The first kappa shape index (κ1) is 22.9. The zero-order valence-corrected chi connectivity index (χ0v) is 18.9. The fraction of sp³-hybridized carbons (Fsp3) is 0.269. The molecule has 2 aromatic heterocycles. The number of halogens is 3. The van der Waals surface area contributed by atoms with E-state index in [1.165, 1.54) is 12.1 Å². The Hall–Kier alpha value is -3.88. The van der Waals surface area contributed by atoms with E-state index in [2.05, 4.69) is 15.3 Å². The van der Waals surface area contributed by atoms with Crippen LogP contribution in [0.2, 0.25) is 0 Å². The number of hydrogen-bond donors (Lipinski definition) is 1. The van der Waals surface area contributed by atoms with Gasteiger partial charge < -0.3 is 4.90 Å². The number of rotatable bonds is 5. The average molecular weight is 480 g/mol. The van der Waals surface area contributed by atoms with Crippen LogP contribution >= 0.6 is 0 Å². The summed E-state index contributed by atoms with van der Waals surface area (Å²) in [7, 11) is 0. The fourth-order valence-electron chi connectivity index (χ4n) is 4.59. The zero-order valence-electron chi connectivity index (χ0n) is 18.9. The molecule has 1 saturated heterocycles. The van der Waals surface area contributed by atoms with E-state index in [4.69, 9.17) is 0 Å². The summed E-state index contributed by atoms with van der Waals surface area (Å²) in [5.41, 5.74) is 3.01. The van der Waals surface area contributed by atoms with E-state index in [0.717, 1.165) is 42.7 Å². The highest BCUT2D eigenvalue weighted by Gasteiger charge is 2.33. The lowest BCUT2D eigenvalue weighted by Gasteiger charge is -2.36.